The maximum atomic E-state index is 10.8. The zero-order valence-electron chi connectivity index (χ0n) is 6.42. The first-order chi connectivity index (χ1) is 5.25. The number of carbonyl (C=O) groups is 1. The Kier molecular flexibility index (Phi) is 2.50. The molecule has 11 heavy (non-hydrogen) atoms. The first kappa shape index (κ1) is 8.09. The average molecular weight is 152 g/mol. The maximum absolute atomic E-state index is 10.8. The molecule has 1 unspecified atom stereocenters. The molecule has 1 heterocycles. The van der Waals surface area contributed by atoms with E-state index in [1.165, 1.54) is 0 Å². The van der Waals surface area contributed by atoms with Gasteiger partial charge in [0.15, 0.2) is 0 Å². The Bertz CT molecular complexity index is 195. The van der Waals surface area contributed by atoms with Crippen LogP contribution in [0.25, 0.3) is 0 Å². The fraction of sp³-hybridized carbons (Fsp3) is 0.625. The van der Waals surface area contributed by atoms with E-state index in [0.29, 0.717) is 6.54 Å². The van der Waals surface area contributed by atoms with Gasteiger partial charge in [0.1, 0.15) is 0 Å². The van der Waals surface area contributed by atoms with Crippen molar-refractivity contribution < 1.29 is 4.79 Å². The Balaban J connectivity index is 2.52. The quantitative estimate of drug-likeness (QED) is 0.546. The molecule has 0 aliphatic carbocycles. The summed E-state index contributed by atoms with van der Waals surface area (Å²) in [4.78, 5) is 12.7. The van der Waals surface area contributed by atoms with E-state index in [0.717, 1.165) is 19.4 Å². The normalized spacial score (nSPS) is 24.8. The van der Waals surface area contributed by atoms with Gasteiger partial charge in [-0.15, -0.1) is 6.42 Å². The SMILES string of the molecule is C#CCN1CCCC1C(N)=O. The van der Waals surface area contributed by atoms with Crippen molar-refractivity contribution >= 4 is 5.91 Å². The van der Waals surface area contributed by atoms with Crippen molar-refractivity contribution in [3.05, 3.63) is 0 Å². The zero-order chi connectivity index (χ0) is 8.27. The summed E-state index contributed by atoms with van der Waals surface area (Å²) in [5, 5.41) is 0. The molecule has 0 aromatic heterocycles. The van der Waals surface area contributed by atoms with Crippen LogP contribution in [0.15, 0.2) is 0 Å². The van der Waals surface area contributed by atoms with Gasteiger partial charge in [0.05, 0.1) is 12.6 Å². The highest BCUT2D eigenvalue weighted by Gasteiger charge is 2.27. The van der Waals surface area contributed by atoms with Crippen LogP contribution in [0.2, 0.25) is 0 Å². The molecule has 1 aliphatic heterocycles. The molecule has 3 nitrogen and oxygen atoms in total. The topological polar surface area (TPSA) is 46.3 Å². The Hall–Kier alpha value is -1.01. The number of rotatable bonds is 2. The number of likely N-dealkylation sites (tertiary alicyclic amines) is 1. The van der Waals surface area contributed by atoms with Crippen LogP contribution in [0.4, 0.5) is 0 Å². The van der Waals surface area contributed by atoms with E-state index >= 15 is 0 Å². The molecule has 1 aliphatic rings. The molecule has 60 valence electrons. The summed E-state index contributed by atoms with van der Waals surface area (Å²) in [6, 6.07) is -0.119. The van der Waals surface area contributed by atoms with Gasteiger partial charge in [0.25, 0.3) is 0 Å². The summed E-state index contributed by atoms with van der Waals surface area (Å²) < 4.78 is 0. The molecule has 0 radical (unpaired) electrons. The molecule has 3 heteroatoms. The van der Waals surface area contributed by atoms with Crippen LogP contribution in [-0.4, -0.2) is 29.9 Å². The van der Waals surface area contributed by atoms with Crippen LogP contribution >= 0.6 is 0 Å². The van der Waals surface area contributed by atoms with Crippen LogP contribution in [0.1, 0.15) is 12.8 Å². The van der Waals surface area contributed by atoms with Crippen LogP contribution in [-0.2, 0) is 4.79 Å². The monoisotopic (exact) mass is 152 g/mol. The minimum absolute atomic E-state index is 0.119. The van der Waals surface area contributed by atoms with Gasteiger partial charge in [-0.2, -0.15) is 0 Å². The van der Waals surface area contributed by atoms with E-state index in [-0.39, 0.29) is 11.9 Å². The first-order valence-corrected chi connectivity index (χ1v) is 3.72. The van der Waals surface area contributed by atoms with Crippen molar-refractivity contribution in [3.63, 3.8) is 0 Å². The third-order valence-electron chi connectivity index (χ3n) is 1.99. The van der Waals surface area contributed by atoms with Crippen molar-refractivity contribution in [2.75, 3.05) is 13.1 Å². The summed E-state index contributed by atoms with van der Waals surface area (Å²) in [5.74, 6) is 2.26. The standard InChI is InChI=1S/C8H12N2O/c1-2-5-10-6-3-4-7(10)8(9)11/h1,7H,3-6H2,(H2,9,11). The first-order valence-electron chi connectivity index (χ1n) is 3.72. The molecule has 1 saturated heterocycles. The smallest absolute Gasteiger partial charge is 0.234 e. The molecule has 2 N–H and O–H groups in total. The van der Waals surface area contributed by atoms with Gasteiger partial charge in [-0.3, -0.25) is 9.69 Å². The molecule has 0 saturated carbocycles. The summed E-state index contributed by atoms with van der Waals surface area (Å²) >= 11 is 0. The largest absolute Gasteiger partial charge is 0.368 e. The third-order valence-corrected chi connectivity index (χ3v) is 1.99. The molecule has 1 rings (SSSR count). The second kappa shape index (κ2) is 3.40. The average Bonchev–Trinajstić information content (AvgIpc) is 2.36. The van der Waals surface area contributed by atoms with E-state index in [2.05, 4.69) is 5.92 Å². The molecule has 0 aromatic carbocycles. The van der Waals surface area contributed by atoms with Gasteiger partial charge in [-0.1, -0.05) is 5.92 Å². The summed E-state index contributed by atoms with van der Waals surface area (Å²) in [7, 11) is 0. The van der Waals surface area contributed by atoms with Crippen LogP contribution in [0, 0.1) is 12.3 Å². The fourth-order valence-electron chi connectivity index (χ4n) is 1.45. The molecule has 1 fully saturated rings. The molecular weight excluding hydrogens is 140 g/mol. The van der Waals surface area contributed by atoms with Gasteiger partial charge in [-0.05, 0) is 19.4 Å². The summed E-state index contributed by atoms with van der Waals surface area (Å²) in [6.45, 7) is 1.44. The van der Waals surface area contributed by atoms with Gasteiger partial charge >= 0.3 is 0 Å². The van der Waals surface area contributed by atoms with Crippen LogP contribution in [0.5, 0.6) is 0 Å². The summed E-state index contributed by atoms with van der Waals surface area (Å²) in [6.07, 6.45) is 7.01. The van der Waals surface area contributed by atoms with Crippen LogP contribution in [0.3, 0.4) is 0 Å². The lowest BCUT2D eigenvalue weighted by atomic mass is 10.2. The number of hydrogen-bond acceptors (Lipinski definition) is 2. The maximum Gasteiger partial charge on any atom is 0.234 e. The Morgan fingerprint density at radius 1 is 1.82 bits per heavy atom. The predicted octanol–water partition coefficient (Wildman–Crippen LogP) is -0.431. The van der Waals surface area contributed by atoms with E-state index in [4.69, 9.17) is 12.2 Å². The van der Waals surface area contributed by atoms with Gasteiger partial charge in [0.2, 0.25) is 5.91 Å². The number of carbonyl (C=O) groups excluding carboxylic acids is 1. The van der Waals surface area contributed by atoms with E-state index in [1.807, 2.05) is 4.90 Å². The van der Waals surface area contributed by atoms with Crippen molar-refractivity contribution in [1.29, 1.82) is 0 Å². The zero-order valence-corrected chi connectivity index (χ0v) is 6.42. The van der Waals surface area contributed by atoms with E-state index in [1.54, 1.807) is 0 Å². The van der Waals surface area contributed by atoms with Crippen molar-refractivity contribution in [2.45, 2.75) is 18.9 Å². The van der Waals surface area contributed by atoms with Crippen molar-refractivity contribution in [1.82, 2.24) is 4.90 Å². The lowest BCUT2D eigenvalue weighted by Crippen LogP contribution is -2.40. The van der Waals surface area contributed by atoms with Crippen molar-refractivity contribution in [3.8, 4) is 12.3 Å². The number of hydrogen-bond donors (Lipinski definition) is 1. The lowest BCUT2D eigenvalue weighted by molar-refractivity contribution is -0.122. The van der Waals surface area contributed by atoms with E-state index in [9.17, 15) is 4.79 Å². The van der Waals surface area contributed by atoms with Crippen LogP contribution < -0.4 is 5.73 Å². The Morgan fingerprint density at radius 2 is 2.55 bits per heavy atom. The van der Waals surface area contributed by atoms with E-state index < -0.39 is 0 Å². The fourth-order valence-corrected chi connectivity index (χ4v) is 1.45. The molecule has 1 amide bonds. The van der Waals surface area contributed by atoms with Crippen molar-refractivity contribution in [2.24, 2.45) is 5.73 Å². The number of amides is 1. The molecule has 0 aromatic rings. The van der Waals surface area contributed by atoms with Gasteiger partial charge < -0.3 is 5.73 Å². The minimum Gasteiger partial charge on any atom is -0.368 e. The Morgan fingerprint density at radius 3 is 3.09 bits per heavy atom. The lowest BCUT2D eigenvalue weighted by Gasteiger charge is -2.18. The number of primary amides is 1. The van der Waals surface area contributed by atoms with Gasteiger partial charge in [0, 0.05) is 0 Å². The number of nitrogens with zero attached hydrogens (tertiary/aromatic N) is 1. The molecule has 1 atom stereocenters. The highest BCUT2D eigenvalue weighted by Crippen LogP contribution is 2.15. The number of terminal acetylenes is 1. The minimum atomic E-state index is -0.252. The molecule has 0 bridgehead atoms. The highest BCUT2D eigenvalue weighted by atomic mass is 16.1. The predicted molar refractivity (Wildman–Crippen MR) is 42.6 cm³/mol. The van der Waals surface area contributed by atoms with Gasteiger partial charge in [-0.25, -0.2) is 0 Å². The highest BCUT2D eigenvalue weighted by molar-refractivity contribution is 5.80. The molecule has 0 spiro atoms. The Labute approximate surface area is 66.5 Å². The number of nitrogens with two attached hydrogens (primary N) is 1. The molecular formula is C8H12N2O. The second-order valence-electron chi connectivity index (χ2n) is 2.73. The third kappa shape index (κ3) is 1.72. The summed E-state index contributed by atoms with van der Waals surface area (Å²) in [5.41, 5.74) is 5.17. The second-order valence-corrected chi connectivity index (χ2v) is 2.73.